The number of rotatable bonds is 23. The molecule has 9 rings (SSSR count). The molecule has 0 amide bonds. The average Bonchev–Trinajstić information content (AvgIpc) is 3.63. The van der Waals surface area contributed by atoms with E-state index in [0.29, 0.717) is 0 Å². The van der Waals surface area contributed by atoms with Gasteiger partial charge in [0.1, 0.15) is 43.7 Å². The van der Waals surface area contributed by atoms with Gasteiger partial charge in [0.15, 0.2) is 30.9 Å². The minimum atomic E-state index is -1.76. The van der Waals surface area contributed by atoms with Crippen LogP contribution in [0.1, 0.15) is 58.1 Å². The average molecular weight is 1070 g/mol. The van der Waals surface area contributed by atoms with Crippen molar-refractivity contribution < 1.29 is 71.3 Å². The number of carbonyl (C=O) groups is 4. The second-order valence-electron chi connectivity index (χ2n) is 18.4. The molecule has 0 saturated carbocycles. The van der Waals surface area contributed by atoms with Crippen LogP contribution in [0.2, 0.25) is 0 Å². The number of benzene rings is 7. The third kappa shape index (κ3) is 15.3. The van der Waals surface area contributed by atoms with Crippen molar-refractivity contribution in [2.45, 2.75) is 81.2 Å². The fourth-order valence-electron chi connectivity index (χ4n) is 9.00. The summed E-state index contributed by atoms with van der Waals surface area (Å²) in [6, 6.07) is 60.9. The lowest BCUT2D eigenvalue weighted by Crippen LogP contribution is -2.67. The van der Waals surface area contributed by atoms with Crippen LogP contribution in [0, 0.1) is 12.3 Å². The third-order valence-corrected chi connectivity index (χ3v) is 12.9. The smallest absolute Gasteiger partial charge is 0.338 e. The molecule has 7 aromatic carbocycles. The van der Waals surface area contributed by atoms with E-state index in [-0.39, 0.29) is 55.3 Å². The highest BCUT2D eigenvalue weighted by molar-refractivity contribution is 5.91. The molecule has 2 saturated heterocycles. The summed E-state index contributed by atoms with van der Waals surface area (Å²) in [7, 11) is 0. The van der Waals surface area contributed by atoms with Crippen LogP contribution >= 0.6 is 0 Å². The van der Waals surface area contributed by atoms with E-state index in [1.54, 1.807) is 97.1 Å². The molecule has 404 valence electrons. The fourth-order valence-corrected chi connectivity index (χ4v) is 9.00. The number of hydrogen-bond acceptors (Lipinski definition) is 15. The van der Waals surface area contributed by atoms with Gasteiger partial charge in [-0.1, -0.05) is 170 Å². The number of terminal acetylenes is 1. The van der Waals surface area contributed by atoms with E-state index in [4.69, 9.17) is 58.5 Å². The lowest BCUT2D eigenvalue weighted by molar-refractivity contribution is -0.366. The number of ether oxygens (including phenoxy) is 11. The molecule has 10 atom stereocenters. The maximum absolute atomic E-state index is 14.6. The Hall–Kier alpha value is -8.30. The van der Waals surface area contributed by atoms with Crippen molar-refractivity contribution in [3.8, 4) is 12.3 Å². The monoisotopic (exact) mass is 1070 g/mol. The maximum Gasteiger partial charge on any atom is 0.338 e. The van der Waals surface area contributed by atoms with Crippen LogP contribution in [0.5, 0.6) is 0 Å². The Morgan fingerprint density at radius 1 is 0.380 bits per heavy atom. The van der Waals surface area contributed by atoms with E-state index in [0.717, 1.165) is 16.7 Å². The Morgan fingerprint density at radius 2 is 0.759 bits per heavy atom. The predicted molar refractivity (Wildman–Crippen MR) is 287 cm³/mol. The first-order valence-electron chi connectivity index (χ1n) is 25.8. The van der Waals surface area contributed by atoms with Crippen molar-refractivity contribution in [3.05, 3.63) is 251 Å². The largest absolute Gasteiger partial charge is 0.459 e. The van der Waals surface area contributed by atoms with Crippen LogP contribution < -0.4 is 0 Å². The van der Waals surface area contributed by atoms with Gasteiger partial charge in [-0.3, -0.25) is 0 Å². The lowest BCUT2D eigenvalue weighted by Gasteiger charge is -2.49. The van der Waals surface area contributed by atoms with Crippen LogP contribution in [0.4, 0.5) is 0 Å². The minimum absolute atomic E-state index is 0.0286. The Labute approximate surface area is 458 Å². The van der Waals surface area contributed by atoms with Crippen molar-refractivity contribution in [2.75, 3.05) is 19.8 Å². The van der Waals surface area contributed by atoms with Crippen LogP contribution in [-0.4, -0.2) is 105 Å². The normalized spacial score (nSPS) is 22.6. The number of esters is 4. The van der Waals surface area contributed by atoms with Crippen molar-refractivity contribution in [1.29, 1.82) is 0 Å². The van der Waals surface area contributed by atoms with E-state index in [1.807, 2.05) is 91.0 Å². The number of carbonyl (C=O) groups excluding carboxylic acids is 4. The minimum Gasteiger partial charge on any atom is -0.459 e. The zero-order valence-corrected chi connectivity index (χ0v) is 42.9. The summed E-state index contributed by atoms with van der Waals surface area (Å²) in [5.74, 6) is -0.832. The van der Waals surface area contributed by atoms with E-state index in [2.05, 4.69) is 5.92 Å². The molecule has 0 radical (unpaired) electrons. The SMILES string of the molecule is C#CCO[C@H]1O[C@H](COCc2ccccc2)[C@@H](O[C@@H]2O[C@H](COC(=O)c3ccccc3)[C@@H](OC(=O)c3ccccc3)[C@H](OC(=O)c3ccccc3)[C@H]2OC(=O)c2ccccc2)[C@H](OCc2ccccc2)[C@H]1OCc1ccccc1. The number of hydrogen-bond donors (Lipinski definition) is 0. The van der Waals surface area contributed by atoms with Gasteiger partial charge < -0.3 is 52.1 Å². The third-order valence-electron chi connectivity index (χ3n) is 12.9. The molecule has 7 aromatic rings. The van der Waals surface area contributed by atoms with Gasteiger partial charge in [-0.25, -0.2) is 19.2 Å². The van der Waals surface area contributed by atoms with Gasteiger partial charge in [-0.15, -0.1) is 6.42 Å². The predicted octanol–water partition coefficient (Wildman–Crippen LogP) is 9.39. The van der Waals surface area contributed by atoms with Crippen LogP contribution in [0.3, 0.4) is 0 Å². The van der Waals surface area contributed by atoms with Gasteiger partial charge in [0.25, 0.3) is 0 Å². The summed E-state index contributed by atoms with van der Waals surface area (Å²) in [5.41, 5.74) is 3.06. The Morgan fingerprint density at radius 3 is 1.23 bits per heavy atom. The van der Waals surface area contributed by atoms with Gasteiger partial charge in [-0.05, 0) is 65.2 Å². The van der Waals surface area contributed by atoms with Crippen LogP contribution in [0.25, 0.3) is 0 Å². The molecule has 2 heterocycles. The Kier molecular flexibility index (Phi) is 19.9. The molecule has 79 heavy (non-hydrogen) atoms. The zero-order valence-electron chi connectivity index (χ0n) is 42.9. The first-order valence-corrected chi connectivity index (χ1v) is 25.8. The van der Waals surface area contributed by atoms with E-state index < -0.39 is 91.9 Å². The van der Waals surface area contributed by atoms with E-state index in [1.165, 1.54) is 24.3 Å². The Bertz CT molecular complexity index is 3040. The molecule has 2 aliphatic rings. The molecule has 0 unspecified atom stereocenters. The maximum atomic E-state index is 14.6. The van der Waals surface area contributed by atoms with Gasteiger partial charge in [0.2, 0.25) is 0 Å². The summed E-state index contributed by atoms with van der Waals surface area (Å²) in [6.07, 6.45) is -8.34. The summed E-state index contributed by atoms with van der Waals surface area (Å²) >= 11 is 0. The molecular formula is C64H58O15. The van der Waals surface area contributed by atoms with E-state index >= 15 is 0 Å². The topological polar surface area (TPSA) is 170 Å². The summed E-state index contributed by atoms with van der Waals surface area (Å²) in [6.45, 7) is -0.659. The van der Waals surface area contributed by atoms with Gasteiger partial charge in [0.05, 0.1) is 48.7 Å². The summed E-state index contributed by atoms with van der Waals surface area (Å²) in [4.78, 5) is 57.2. The molecule has 2 aliphatic heterocycles. The zero-order chi connectivity index (χ0) is 54.6. The Balaban J connectivity index is 1.17. The second kappa shape index (κ2) is 28.4. The fraction of sp³-hybridized carbons (Fsp3) is 0.250. The molecular weight excluding hydrogens is 1010 g/mol. The van der Waals surface area contributed by atoms with Crippen LogP contribution in [0.15, 0.2) is 212 Å². The quantitative estimate of drug-likeness (QED) is 0.0337. The van der Waals surface area contributed by atoms with Crippen molar-refractivity contribution in [2.24, 2.45) is 0 Å². The molecule has 0 spiro atoms. The standard InChI is InChI=1S/C64H58O15/c1-2-38-70-63-57(72-41-46-28-14-5-15-29-46)55(71-40-45-26-12-4-13-27-45)53(51(74-63)42-69-39-44-24-10-3-11-25-44)79-64-58(78-62(68)50-36-22-9-23-37-50)56(77-61(67)49-34-20-8-21-35-49)54(76-60(66)48-32-18-7-19-33-48)52(75-64)43-73-59(65)47-30-16-6-17-31-47/h1,3-37,51-58,63-64H,38-43H2/t51-,52-,53-,54-,55+,56+,57-,58-,63+,64+/m1/s1. The highest BCUT2D eigenvalue weighted by atomic mass is 16.8. The first-order chi connectivity index (χ1) is 38.8. The summed E-state index contributed by atoms with van der Waals surface area (Å²) in [5, 5.41) is 0. The van der Waals surface area contributed by atoms with Crippen molar-refractivity contribution in [1.82, 2.24) is 0 Å². The molecule has 2 fully saturated rings. The van der Waals surface area contributed by atoms with E-state index in [9.17, 15) is 19.2 Å². The summed E-state index contributed by atoms with van der Waals surface area (Å²) < 4.78 is 72.3. The van der Waals surface area contributed by atoms with Gasteiger partial charge in [0, 0.05) is 0 Å². The first kappa shape index (κ1) is 55.5. The molecule has 0 bridgehead atoms. The van der Waals surface area contributed by atoms with Crippen molar-refractivity contribution in [3.63, 3.8) is 0 Å². The second-order valence-corrected chi connectivity index (χ2v) is 18.4. The molecule has 15 nitrogen and oxygen atoms in total. The lowest BCUT2D eigenvalue weighted by atomic mass is 9.95. The van der Waals surface area contributed by atoms with Crippen molar-refractivity contribution >= 4 is 23.9 Å². The van der Waals surface area contributed by atoms with Crippen LogP contribution in [-0.2, 0) is 71.9 Å². The van der Waals surface area contributed by atoms with Gasteiger partial charge >= 0.3 is 23.9 Å². The molecule has 0 N–H and O–H groups in total. The highest BCUT2D eigenvalue weighted by Gasteiger charge is 2.57. The molecule has 15 heteroatoms. The van der Waals surface area contributed by atoms with Gasteiger partial charge in [-0.2, -0.15) is 0 Å². The molecule has 0 aromatic heterocycles. The highest BCUT2D eigenvalue weighted by Crippen LogP contribution is 2.37. The molecule has 0 aliphatic carbocycles.